The van der Waals surface area contributed by atoms with Crippen LogP contribution in [0.2, 0.25) is 0 Å². The maximum Gasteiger partial charge on any atom is 0.121 e. The van der Waals surface area contributed by atoms with Crippen LogP contribution < -0.4 is 5.73 Å². The third-order valence-electron chi connectivity index (χ3n) is 3.70. The van der Waals surface area contributed by atoms with Gasteiger partial charge in [0.1, 0.15) is 5.75 Å². The number of hydrogen-bond acceptors (Lipinski definition) is 2. The highest BCUT2D eigenvalue weighted by Crippen LogP contribution is 2.34. The Labute approximate surface area is 118 Å². The van der Waals surface area contributed by atoms with E-state index in [0.717, 1.165) is 21.9 Å². The molecule has 0 saturated carbocycles. The first-order valence-electron chi connectivity index (χ1n) is 6.69. The second-order valence-corrected chi connectivity index (χ2v) is 5.11. The molecule has 20 heavy (non-hydrogen) atoms. The molecule has 0 heterocycles. The predicted octanol–water partition coefficient (Wildman–Crippen LogP) is 3.90. The van der Waals surface area contributed by atoms with E-state index >= 15 is 0 Å². The zero-order valence-corrected chi connectivity index (χ0v) is 11.4. The third-order valence-corrected chi connectivity index (χ3v) is 3.70. The van der Waals surface area contributed by atoms with Crippen LogP contribution in [0.1, 0.15) is 22.7 Å². The van der Waals surface area contributed by atoms with Gasteiger partial charge >= 0.3 is 0 Å². The SMILES string of the molecule is Cc1ccc([C@@H](N)c2c(O)ccc3ccccc23)cc1. The van der Waals surface area contributed by atoms with Gasteiger partial charge in [-0.2, -0.15) is 0 Å². The summed E-state index contributed by atoms with van der Waals surface area (Å²) in [6.07, 6.45) is 0. The Balaban J connectivity index is 2.18. The first-order chi connectivity index (χ1) is 9.66. The predicted molar refractivity (Wildman–Crippen MR) is 82.8 cm³/mol. The lowest BCUT2D eigenvalue weighted by Gasteiger charge is -2.17. The van der Waals surface area contributed by atoms with E-state index < -0.39 is 0 Å². The number of nitrogens with two attached hydrogens (primary N) is 1. The molecular weight excluding hydrogens is 246 g/mol. The average molecular weight is 263 g/mol. The fourth-order valence-corrected chi connectivity index (χ4v) is 2.55. The second-order valence-electron chi connectivity index (χ2n) is 5.11. The molecule has 3 aromatic carbocycles. The molecule has 2 heteroatoms. The van der Waals surface area contributed by atoms with Crippen LogP contribution in [-0.2, 0) is 0 Å². The number of benzene rings is 3. The summed E-state index contributed by atoms with van der Waals surface area (Å²) in [5, 5.41) is 12.3. The zero-order valence-electron chi connectivity index (χ0n) is 11.4. The molecule has 0 amide bonds. The number of rotatable bonds is 2. The summed E-state index contributed by atoms with van der Waals surface area (Å²) < 4.78 is 0. The summed E-state index contributed by atoms with van der Waals surface area (Å²) >= 11 is 0. The van der Waals surface area contributed by atoms with Crippen LogP contribution in [0.4, 0.5) is 0 Å². The third kappa shape index (κ3) is 2.15. The van der Waals surface area contributed by atoms with Gasteiger partial charge in [0.05, 0.1) is 6.04 Å². The molecule has 0 aliphatic carbocycles. The molecule has 0 fully saturated rings. The minimum absolute atomic E-state index is 0.247. The van der Waals surface area contributed by atoms with Crippen LogP contribution in [0.25, 0.3) is 10.8 Å². The lowest BCUT2D eigenvalue weighted by Crippen LogP contribution is -2.12. The summed E-state index contributed by atoms with van der Waals surface area (Å²) in [6.45, 7) is 2.05. The van der Waals surface area contributed by atoms with Crippen molar-refractivity contribution < 1.29 is 5.11 Å². The lowest BCUT2D eigenvalue weighted by atomic mass is 9.93. The molecule has 0 aliphatic heterocycles. The molecule has 1 atom stereocenters. The van der Waals surface area contributed by atoms with Crippen molar-refractivity contribution in [1.29, 1.82) is 0 Å². The van der Waals surface area contributed by atoms with Crippen molar-refractivity contribution in [2.24, 2.45) is 5.73 Å². The van der Waals surface area contributed by atoms with Crippen LogP contribution in [0, 0.1) is 6.92 Å². The Morgan fingerprint density at radius 1 is 0.900 bits per heavy atom. The van der Waals surface area contributed by atoms with Crippen molar-refractivity contribution in [2.75, 3.05) is 0 Å². The van der Waals surface area contributed by atoms with Crippen molar-refractivity contribution >= 4 is 10.8 Å². The fourth-order valence-electron chi connectivity index (χ4n) is 2.55. The average Bonchev–Trinajstić information content (AvgIpc) is 2.47. The van der Waals surface area contributed by atoms with Gasteiger partial charge in [-0.1, -0.05) is 60.2 Å². The number of fused-ring (bicyclic) bond motifs is 1. The standard InChI is InChI=1S/C18H17NO/c1-12-6-8-14(9-7-12)18(19)17-15-5-3-2-4-13(15)10-11-16(17)20/h2-11,18,20H,19H2,1H3/t18-/m1/s1. The van der Waals surface area contributed by atoms with E-state index in [0.29, 0.717) is 0 Å². The molecular formula is C18H17NO. The fraction of sp³-hybridized carbons (Fsp3) is 0.111. The van der Waals surface area contributed by atoms with E-state index in [4.69, 9.17) is 5.73 Å². The largest absolute Gasteiger partial charge is 0.508 e. The van der Waals surface area contributed by atoms with E-state index in [1.54, 1.807) is 6.07 Å². The molecule has 0 spiro atoms. The molecule has 2 nitrogen and oxygen atoms in total. The number of phenolic OH excluding ortho intramolecular Hbond substituents is 1. The Morgan fingerprint density at radius 3 is 2.35 bits per heavy atom. The first kappa shape index (κ1) is 12.7. The van der Waals surface area contributed by atoms with Gasteiger partial charge in [0.25, 0.3) is 0 Å². The highest BCUT2D eigenvalue weighted by Gasteiger charge is 2.16. The Kier molecular flexibility index (Phi) is 3.17. The smallest absolute Gasteiger partial charge is 0.121 e. The highest BCUT2D eigenvalue weighted by molar-refractivity contribution is 5.88. The van der Waals surface area contributed by atoms with E-state index in [2.05, 4.69) is 0 Å². The summed E-state index contributed by atoms with van der Waals surface area (Å²) in [6, 6.07) is 19.4. The minimum atomic E-state index is -0.332. The molecule has 0 saturated heterocycles. The van der Waals surface area contributed by atoms with Crippen LogP contribution in [0.3, 0.4) is 0 Å². The van der Waals surface area contributed by atoms with Gasteiger partial charge in [-0.05, 0) is 29.3 Å². The first-order valence-corrected chi connectivity index (χ1v) is 6.69. The summed E-state index contributed by atoms with van der Waals surface area (Å²) in [7, 11) is 0. The number of aryl methyl sites for hydroxylation is 1. The topological polar surface area (TPSA) is 46.2 Å². The quantitative estimate of drug-likeness (QED) is 0.736. The lowest BCUT2D eigenvalue weighted by molar-refractivity contribution is 0.466. The van der Waals surface area contributed by atoms with Crippen molar-refractivity contribution in [3.8, 4) is 5.75 Å². The summed E-state index contributed by atoms with van der Waals surface area (Å²) in [4.78, 5) is 0. The molecule has 0 bridgehead atoms. The van der Waals surface area contributed by atoms with Gasteiger partial charge in [0.15, 0.2) is 0 Å². The van der Waals surface area contributed by atoms with E-state index in [1.807, 2.05) is 61.5 Å². The number of phenols is 1. The minimum Gasteiger partial charge on any atom is -0.508 e. The normalized spacial score (nSPS) is 12.5. The monoisotopic (exact) mass is 263 g/mol. The molecule has 0 aliphatic rings. The molecule has 3 N–H and O–H groups in total. The second kappa shape index (κ2) is 4.99. The van der Waals surface area contributed by atoms with Gasteiger partial charge in [0.2, 0.25) is 0 Å². The van der Waals surface area contributed by atoms with Crippen molar-refractivity contribution in [3.05, 3.63) is 77.4 Å². The van der Waals surface area contributed by atoms with E-state index in [9.17, 15) is 5.11 Å². The Morgan fingerprint density at radius 2 is 1.60 bits per heavy atom. The highest BCUT2D eigenvalue weighted by atomic mass is 16.3. The zero-order chi connectivity index (χ0) is 14.1. The van der Waals surface area contributed by atoms with E-state index in [1.165, 1.54) is 5.56 Å². The Hall–Kier alpha value is -2.32. The van der Waals surface area contributed by atoms with Gasteiger partial charge < -0.3 is 10.8 Å². The van der Waals surface area contributed by atoms with Crippen molar-refractivity contribution in [1.82, 2.24) is 0 Å². The number of aromatic hydroxyl groups is 1. The molecule has 3 rings (SSSR count). The van der Waals surface area contributed by atoms with Gasteiger partial charge in [-0.3, -0.25) is 0 Å². The maximum atomic E-state index is 10.2. The molecule has 3 aromatic rings. The molecule has 0 aromatic heterocycles. The Bertz CT molecular complexity index is 747. The maximum absolute atomic E-state index is 10.2. The van der Waals surface area contributed by atoms with Gasteiger partial charge in [0, 0.05) is 5.56 Å². The molecule has 0 radical (unpaired) electrons. The summed E-state index contributed by atoms with van der Waals surface area (Å²) in [5.74, 6) is 0.247. The van der Waals surface area contributed by atoms with Crippen LogP contribution in [0.5, 0.6) is 5.75 Å². The van der Waals surface area contributed by atoms with Gasteiger partial charge in [-0.25, -0.2) is 0 Å². The van der Waals surface area contributed by atoms with Crippen molar-refractivity contribution in [2.45, 2.75) is 13.0 Å². The van der Waals surface area contributed by atoms with Crippen molar-refractivity contribution in [3.63, 3.8) is 0 Å². The van der Waals surface area contributed by atoms with Gasteiger partial charge in [-0.15, -0.1) is 0 Å². The van der Waals surface area contributed by atoms with E-state index in [-0.39, 0.29) is 11.8 Å². The van der Waals surface area contributed by atoms with Crippen LogP contribution in [0.15, 0.2) is 60.7 Å². The molecule has 0 unspecified atom stereocenters. The van der Waals surface area contributed by atoms with Crippen LogP contribution in [-0.4, -0.2) is 5.11 Å². The number of hydrogen-bond donors (Lipinski definition) is 2. The molecule has 100 valence electrons. The van der Waals surface area contributed by atoms with Crippen LogP contribution >= 0.6 is 0 Å². The summed E-state index contributed by atoms with van der Waals surface area (Å²) in [5.41, 5.74) is 9.36.